The Morgan fingerprint density at radius 3 is 2.90 bits per heavy atom. The van der Waals surface area contributed by atoms with E-state index in [1.165, 1.54) is 6.07 Å². The van der Waals surface area contributed by atoms with Gasteiger partial charge in [-0.15, -0.1) is 6.42 Å². The molecule has 2 rings (SSSR count). The molecule has 5 heteroatoms. The van der Waals surface area contributed by atoms with E-state index in [0.29, 0.717) is 10.8 Å². The van der Waals surface area contributed by atoms with Gasteiger partial charge in [0.25, 0.3) is 5.69 Å². The summed E-state index contributed by atoms with van der Waals surface area (Å²) in [4.78, 5) is 14.7. The van der Waals surface area contributed by atoms with Crippen LogP contribution in [0.5, 0.6) is 0 Å². The fourth-order valence-electron chi connectivity index (χ4n) is 2.13. The van der Waals surface area contributed by atoms with Gasteiger partial charge in [-0.25, -0.2) is 0 Å². The third-order valence-corrected chi connectivity index (χ3v) is 3.10. The third-order valence-electron chi connectivity index (χ3n) is 3.10. The van der Waals surface area contributed by atoms with Crippen LogP contribution < -0.4 is 5.32 Å². The number of pyridine rings is 1. The van der Waals surface area contributed by atoms with E-state index in [9.17, 15) is 10.1 Å². The van der Waals surface area contributed by atoms with Crippen LogP contribution >= 0.6 is 0 Å². The maximum Gasteiger partial charge on any atom is 0.277 e. The van der Waals surface area contributed by atoms with Gasteiger partial charge in [0.2, 0.25) is 0 Å². The summed E-state index contributed by atoms with van der Waals surface area (Å²) in [5.74, 6) is 2.69. The lowest BCUT2D eigenvalue weighted by atomic mass is 10.1. The van der Waals surface area contributed by atoms with Gasteiger partial charge < -0.3 is 5.32 Å². The molecule has 1 aromatic carbocycles. The normalized spacial score (nSPS) is 11.8. The maximum absolute atomic E-state index is 11.0. The number of nitrogens with one attached hydrogen (secondary N) is 1. The summed E-state index contributed by atoms with van der Waals surface area (Å²) in [6.45, 7) is 2.06. The van der Waals surface area contributed by atoms with E-state index < -0.39 is 4.92 Å². The zero-order valence-electron chi connectivity index (χ0n) is 11.2. The number of hydrogen-bond acceptors (Lipinski definition) is 4. The molecule has 0 bridgehead atoms. The van der Waals surface area contributed by atoms with Gasteiger partial charge in [-0.05, 0) is 18.6 Å². The number of nitro groups is 1. The van der Waals surface area contributed by atoms with Crippen LogP contribution in [-0.4, -0.2) is 15.9 Å². The van der Waals surface area contributed by atoms with E-state index >= 15 is 0 Å². The van der Waals surface area contributed by atoms with Crippen molar-refractivity contribution >= 4 is 22.1 Å². The molecule has 0 aliphatic heterocycles. The molecule has 1 N–H and O–H groups in total. The smallest absolute Gasteiger partial charge is 0.277 e. The first kappa shape index (κ1) is 13.8. The lowest BCUT2D eigenvalue weighted by molar-refractivity contribution is -0.383. The monoisotopic (exact) mass is 269 g/mol. The molecule has 5 nitrogen and oxygen atoms in total. The number of terminal acetylenes is 1. The van der Waals surface area contributed by atoms with E-state index in [0.717, 1.165) is 18.5 Å². The van der Waals surface area contributed by atoms with Crippen LogP contribution in [-0.2, 0) is 0 Å². The van der Waals surface area contributed by atoms with Gasteiger partial charge in [0.05, 0.1) is 16.4 Å². The van der Waals surface area contributed by atoms with Crippen molar-refractivity contribution in [3.05, 3.63) is 40.7 Å². The number of fused-ring (bicyclic) bond motifs is 1. The van der Waals surface area contributed by atoms with Crippen LogP contribution in [0.4, 0.5) is 11.4 Å². The Hall–Kier alpha value is -2.61. The van der Waals surface area contributed by atoms with E-state index in [2.05, 4.69) is 23.1 Å². The number of benzene rings is 1. The zero-order chi connectivity index (χ0) is 14.5. The van der Waals surface area contributed by atoms with E-state index in [4.69, 9.17) is 6.42 Å². The molecule has 0 fully saturated rings. The lowest BCUT2D eigenvalue weighted by Gasteiger charge is -2.15. The Labute approximate surface area is 117 Å². The van der Waals surface area contributed by atoms with Gasteiger partial charge in [0, 0.05) is 29.5 Å². The minimum atomic E-state index is -0.392. The molecule has 0 amide bonds. The Kier molecular flexibility index (Phi) is 4.16. The molecule has 0 radical (unpaired) electrons. The van der Waals surface area contributed by atoms with Crippen molar-refractivity contribution in [2.45, 2.75) is 25.8 Å². The van der Waals surface area contributed by atoms with Crippen molar-refractivity contribution in [3.63, 3.8) is 0 Å². The molecule has 0 aliphatic carbocycles. The van der Waals surface area contributed by atoms with E-state index in [-0.39, 0.29) is 11.7 Å². The number of nitrogens with zero attached hydrogens (tertiary/aromatic N) is 2. The summed E-state index contributed by atoms with van der Waals surface area (Å²) in [5, 5.41) is 15.5. The second-order valence-electron chi connectivity index (χ2n) is 4.46. The Bertz CT molecular complexity index is 676. The lowest BCUT2D eigenvalue weighted by Crippen LogP contribution is -2.16. The predicted octanol–water partition coefficient (Wildman–Crippen LogP) is 3.36. The molecule has 102 valence electrons. The molecular weight excluding hydrogens is 254 g/mol. The van der Waals surface area contributed by atoms with Gasteiger partial charge in [-0.2, -0.15) is 0 Å². The van der Waals surface area contributed by atoms with Crippen LogP contribution in [0.3, 0.4) is 0 Å². The molecule has 0 spiro atoms. The van der Waals surface area contributed by atoms with E-state index in [1.807, 2.05) is 0 Å². The number of anilines is 1. The summed E-state index contributed by atoms with van der Waals surface area (Å²) in [6.07, 6.45) is 10.5. The average Bonchev–Trinajstić information content (AvgIpc) is 2.46. The first-order chi connectivity index (χ1) is 9.67. The minimum Gasteiger partial charge on any atom is -0.371 e. The fraction of sp³-hybridized carbons (Fsp3) is 0.267. The van der Waals surface area contributed by atoms with Gasteiger partial charge >= 0.3 is 0 Å². The topological polar surface area (TPSA) is 68.1 Å². The van der Waals surface area contributed by atoms with Gasteiger partial charge in [-0.1, -0.05) is 19.3 Å². The summed E-state index contributed by atoms with van der Waals surface area (Å²) >= 11 is 0. The molecule has 20 heavy (non-hydrogen) atoms. The highest BCUT2D eigenvalue weighted by molar-refractivity contribution is 5.99. The first-order valence-corrected chi connectivity index (χ1v) is 6.41. The summed E-state index contributed by atoms with van der Waals surface area (Å²) in [6, 6.07) is 4.72. The highest BCUT2D eigenvalue weighted by Crippen LogP contribution is 2.31. The second-order valence-corrected chi connectivity index (χ2v) is 4.46. The van der Waals surface area contributed by atoms with Crippen LogP contribution in [0, 0.1) is 22.5 Å². The molecule has 1 aromatic heterocycles. The van der Waals surface area contributed by atoms with Crippen molar-refractivity contribution in [2.24, 2.45) is 0 Å². The number of rotatable bonds is 5. The summed E-state index contributed by atoms with van der Waals surface area (Å²) < 4.78 is 0. The van der Waals surface area contributed by atoms with Crippen LogP contribution in [0.2, 0.25) is 0 Å². The minimum absolute atomic E-state index is 0.0701. The number of aromatic nitrogens is 1. The van der Waals surface area contributed by atoms with Crippen LogP contribution in [0.1, 0.15) is 19.8 Å². The van der Waals surface area contributed by atoms with Crippen molar-refractivity contribution in [2.75, 3.05) is 5.32 Å². The molecular formula is C15H15N3O2. The number of non-ortho nitro benzene ring substituents is 1. The van der Waals surface area contributed by atoms with E-state index in [1.54, 1.807) is 24.5 Å². The molecule has 0 saturated carbocycles. The molecule has 0 aliphatic rings. The number of hydrogen-bond donors (Lipinski definition) is 1. The third kappa shape index (κ3) is 2.69. The molecule has 0 saturated heterocycles. The predicted molar refractivity (Wildman–Crippen MR) is 79.5 cm³/mol. The highest BCUT2D eigenvalue weighted by atomic mass is 16.6. The maximum atomic E-state index is 11.0. The van der Waals surface area contributed by atoms with Gasteiger partial charge in [-0.3, -0.25) is 15.1 Å². The summed E-state index contributed by atoms with van der Waals surface area (Å²) in [7, 11) is 0. The largest absolute Gasteiger partial charge is 0.371 e. The fourth-order valence-corrected chi connectivity index (χ4v) is 2.13. The zero-order valence-corrected chi connectivity index (χ0v) is 11.2. The van der Waals surface area contributed by atoms with Gasteiger partial charge in [0.1, 0.15) is 0 Å². The Balaban J connectivity index is 2.48. The molecule has 1 heterocycles. The SMILES string of the molecule is C#CC(CCC)Nc1ccc([N+](=O)[O-])c2ccncc12. The molecule has 2 aromatic rings. The number of nitro benzene ring substituents is 1. The molecule has 1 unspecified atom stereocenters. The molecule has 1 atom stereocenters. The van der Waals surface area contributed by atoms with Crippen molar-refractivity contribution in [1.82, 2.24) is 4.98 Å². The van der Waals surface area contributed by atoms with Gasteiger partial charge in [0.15, 0.2) is 0 Å². The van der Waals surface area contributed by atoms with Crippen LogP contribution in [0.15, 0.2) is 30.6 Å². The first-order valence-electron chi connectivity index (χ1n) is 6.41. The summed E-state index contributed by atoms with van der Waals surface area (Å²) in [5.41, 5.74) is 0.843. The Morgan fingerprint density at radius 2 is 2.25 bits per heavy atom. The Morgan fingerprint density at radius 1 is 1.45 bits per heavy atom. The second kappa shape index (κ2) is 6.02. The quantitative estimate of drug-likeness (QED) is 0.513. The van der Waals surface area contributed by atoms with Crippen molar-refractivity contribution in [3.8, 4) is 12.3 Å². The van der Waals surface area contributed by atoms with Crippen molar-refractivity contribution < 1.29 is 4.92 Å². The van der Waals surface area contributed by atoms with Crippen LogP contribution in [0.25, 0.3) is 10.8 Å². The highest BCUT2D eigenvalue weighted by Gasteiger charge is 2.15. The average molecular weight is 269 g/mol. The van der Waals surface area contributed by atoms with Crippen molar-refractivity contribution in [1.29, 1.82) is 0 Å². The standard InChI is InChI=1S/C15H15N3O2/c1-3-5-11(4-2)17-14-6-7-15(18(19)20)12-8-9-16-10-13(12)14/h2,6-11,17H,3,5H2,1H3.